The van der Waals surface area contributed by atoms with Gasteiger partial charge < -0.3 is 29.9 Å². The van der Waals surface area contributed by atoms with E-state index in [-0.39, 0.29) is 24.4 Å². The largest absolute Gasteiger partial charge is 0.496 e. The molecule has 0 saturated carbocycles. The highest BCUT2D eigenvalue weighted by atomic mass is 35.5. The highest BCUT2D eigenvalue weighted by Crippen LogP contribution is 2.42. The standard InChI is InChI=1S/C40H45Cl2FN6O4/c1-24(50)48-16-11-28(12-17-48)45-22-26-8-9-35(47-40(26)53-4)32-7-5-6-30(37(32)41)31-10-15-44-39(38(31)42)27-20-34(43)33(36(21-27)52-3)23-46-29-13-18-49(19-14-29)25(2)51/h5-10,15,20-21,28-29,45-46H,11-14,16-19,22-23H2,1-4H3. The van der Waals surface area contributed by atoms with E-state index in [1.54, 1.807) is 39.3 Å². The van der Waals surface area contributed by atoms with Crippen LogP contribution in [-0.4, -0.2) is 84.1 Å². The Morgan fingerprint density at radius 3 is 2.02 bits per heavy atom. The zero-order valence-corrected chi connectivity index (χ0v) is 32.0. The highest BCUT2D eigenvalue weighted by Gasteiger charge is 2.24. The Labute approximate surface area is 320 Å². The maximum Gasteiger partial charge on any atom is 0.219 e. The molecule has 4 aromatic rings. The van der Waals surface area contributed by atoms with Gasteiger partial charge in [0.05, 0.1) is 35.7 Å². The Bertz CT molecular complexity index is 1960. The first-order valence-corrected chi connectivity index (χ1v) is 18.7. The van der Waals surface area contributed by atoms with Gasteiger partial charge in [-0.25, -0.2) is 9.37 Å². The molecule has 0 bridgehead atoms. The van der Waals surface area contributed by atoms with E-state index in [0.29, 0.717) is 86.6 Å². The van der Waals surface area contributed by atoms with Crippen LogP contribution >= 0.6 is 23.2 Å². The third kappa shape index (κ3) is 8.75. The monoisotopic (exact) mass is 762 g/mol. The van der Waals surface area contributed by atoms with Gasteiger partial charge in [-0.3, -0.25) is 14.6 Å². The molecule has 2 saturated heterocycles. The van der Waals surface area contributed by atoms with Gasteiger partial charge in [0, 0.05) is 105 Å². The molecule has 2 fully saturated rings. The molecule has 0 unspecified atom stereocenters. The highest BCUT2D eigenvalue weighted by molar-refractivity contribution is 6.39. The number of halogens is 3. The lowest BCUT2D eigenvalue weighted by molar-refractivity contribution is -0.130. The third-order valence-electron chi connectivity index (χ3n) is 10.3. The topological polar surface area (TPSA) is 109 Å². The van der Waals surface area contributed by atoms with Crippen molar-refractivity contribution in [2.24, 2.45) is 0 Å². The number of methoxy groups -OCH3 is 2. The molecular formula is C40H45Cl2FN6O4. The number of nitrogens with one attached hydrogen (secondary N) is 2. The lowest BCUT2D eigenvalue weighted by atomic mass is 9.98. The number of aromatic nitrogens is 2. The molecule has 2 amide bonds. The minimum Gasteiger partial charge on any atom is -0.496 e. The maximum absolute atomic E-state index is 15.7. The van der Waals surface area contributed by atoms with Crippen LogP contribution in [0.4, 0.5) is 4.39 Å². The number of carbonyl (C=O) groups excluding carboxylic acids is 2. The molecule has 0 atom stereocenters. The predicted molar refractivity (Wildman–Crippen MR) is 206 cm³/mol. The van der Waals surface area contributed by atoms with E-state index in [1.807, 2.05) is 40.1 Å². The van der Waals surface area contributed by atoms with E-state index in [1.165, 1.54) is 13.2 Å². The van der Waals surface area contributed by atoms with Crippen molar-refractivity contribution in [2.75, 3.05) is 40.4 Å². The zero-order chi connectivity index (χ0) is 37.6. The van der Waals surface area contributed by atoms with Crippen molar-refractivity contribution in [3.05, 3.63) is 81.7 Å². The Morgan fingerprint density at radius 2 is 1.42 bits per heavy atom. The number of hydrogen-bond donors (Lipinski definition) is 2. The van der Waals surface area contributed by atoms with Crippen molar-refractivity contribution in [2.45, 2.75) is 64.7 Å². The van der Waals surface area contributed by atoms with Crippen molar-refractivity contribution >= 4 is 35.0 Å². The number of rotatable bonds is 11. The molecule has 2 aromatic heterocycles. The zero-order valence-electron chi connectivity index (χ0n) is 30.5. The number of ether oxygens (including phenoxy) is 2. The van der Waals surface area contributed by atoms with Gasteiger partial charge in [0.2, 0.25) is 17.7 Å². The van der Waals surface area contributed by atoms with E-state index in [9.17, 15) is 9.59 Å². The van der Waals surface area contributed by atoms with Crippen LogP contribution in [0, 0.1) is 5.82 Å². The smallest absolute Gasteiger partial charge is 0.219 e. The molecule has 280 valence electrons. The number of nitrogens with zero attached hydrogens (tertiary/aromatic N) is 4. The molecule has 10 nitrogen and oxygen atoms in total. The summed E-state index contributed by atoms with van der Waals surface area (Å²) in [7, 11) is 3.11. The second kappa shape index (κ2) is 17.2. The second-order valence-corrected chi connectivity index (χ2v) is 14.3. The number of likely N-dealkylation sites (tertiary alicyclic amines) is 2. The van der Waals surface area contributed by atoms with Crippen LogP contribution in [0.3, 0.4) is 0 Å². The molecule has 2 N–H and O–H groups in total. The molecule has 13 heteroatoms. The van der Waals surface area contributed by atoms with Crippen LogP contribution in [0.25, 0.3) is 33.6 Å². The molecule has 0 aliphatic carbocycles. The molecule has 2 aliphatic rings. The first-order valence-electron chi connectivity index (χ1n) is 17.9. The van der Waals surface area contributed by atoms with Crippen LogP contribution in [-0.2, 0) is 22.7 Å². The Balaban J connectivity index is 1.20. The van der Waals surface area contributed by atoms with Gasteiger partial charge in [-0.15, -0.1) is 0 Å². The molecule has 0 spiro atoms. The minimum absolute atomic E-state index is 0.0744. The van der Waals surface area contributed by atoms with Gasteiger partial charge in [0.15, 0.2) is 0 Å². The van der Waals surface area contributed by atoms with E-state index in [4.69, 9.17) is 37.7 Å². The van der Waals surface area contributed by atoms with Crippen LogP contribution in [0.2, 0.25) is 10.0 Å². The molecule has 0 radical (unpaired) electrons. The molecule has 4 heterocycles. The number of piperidine rings is 2. The average molecular weight is 764 g/mol. The lowest BCUT2D eigenvalue weighted by Gasteiger charge is -2.32. The van der Waals surface area contributed by atoms with Gasteiger partial charge in [-0.05, 0) is 49.9 Å². The summed E-state index contributed by atoms with van der Waals surface area (Å²) in [5.41, 5.74) is 4.83. The van der Waals surface area contributed by atoms with Gasteiger partial charge in [-0.1, -0.05) is 47.5 Å². The summed E-state index contributed by atoms with van der Waals surface area (Å²) in [6.45, 7) is 6.91. The number of benzene rings is 2. The normalized spacial score (nSPS) is 15.5. The lowest BCUT2D eigenvalue weighted by Crippen LogP contribution is -2.44. The van der Waals surface area contributed by atoms with Crippen molar-refractivity contribution in [3.8, 4) is 45.3 Å². The van der Waals surface area contributed by atoms with E-state index < -0.39 is 5.82 Å². The van der Waals surface area contributed by atoms with Crippen LogP contribution in [0.1, 0.15) is 50.7 Å². The molecular weight excluding hydrogens is 718 g/mol. The van der Waals surface area contributed by atoms with E-state index >= 15 is 4.39 Å². The number of amides is 2. The SMILES string of the molecule is COc1cc(-c2nccc(-c3cccc(-c4ccc(CNC5CCN(C(C)=O)CC5)c(OC)n4)c3Cl)c2Cl)cc(F)c1CNC1CCN(C(C)=O)CC1. The predicted octanol–water partition coefficient (Wildman–Crippen LogP) is 7.14. The van der Waals surface area contributed by atoms with Gasteiger partial charge in [0.25, 0.3) is 0 Å². The first kappa shape index (κ1) is 38.4. The summed E-state index contributed by atoms with van der Waals surface area (Å²) < 4.78 is 27.1. The average Bonchev–Trinajstić information content (AvgIpc) is 3.17. The summed E-state index contributed by atoms with van der Waals surface area (Å²) >= 11 is 14.1. The molecule has 53 heavy (non-hydrogen) atoms. The van der Waals surface area contributed by atoms with Crippen molar-refractivity contribution < 1.29 is 23.5 Å². The minimum atomic E-state index is -0.437. The fourth-order valence-electron chi connectivity index (χ4n) is 7.12. The molecule has 2 aliphatic heterocycles. The van der Waals surface area contributed by atoms with Gasteiger partial charge in [-0.2, -0.15) is 0 Å². The van der Waals surface area contributed by atoms with Gasteiger partial charge in [0.1, 0.15) is 11.6 Å². The van der Waals surface area contributed by atoms with Crippen molar-refractivity contribution in [3.63, 3.8) is 0 Å². The van der Waals surface area contributed by atoms with Crippen LogP contribution in [0.5, 0.6) is 11.6 Å². The fourth-order valence-corrected chi connectivity index (χ4v) is 7.77. The summed E-state index contributed by atoms with van der Waals surface area (Å²) in [6.07, 6.45) is 5.01. The quantitative estimate of drug-likeness (QED) is 0.166. The fraction of sp³-hybridized carbons (Fsp3) is 0.400. The van der Waals surface area contributed by atoms with Gasteiger partial charge >= 0.3 is 0 Å². The Kier molecular flexibility index (Phi) is 12.5. The first-order chi connectivity index (χ1) is 25.6. The maximum atomic E-state index is 15.7. The number of hydrogen-bond acceptors (Lipinski definition) is 8. The number of carbonyl (C=O) groups is 2. The third-order valence-corrected chi connectivity index (χ3v) is 11.1. The molecule has 2 aromatic carbocycles. The van der Waals surface area contributed by atoms with E-state index in [0.717, 1.165) is 44.3 Å². The Hall–Kier alpha value is -4.29. The van der Waals surface area contributed by atoms with Crippen LogP contribution in [0.15, 0.2) is 54.7 Å². The summed E-state index contributed by atoms with van der Waals surface area (Å²) in [6, 6.07) is 15.0. The van der Waals surface area contributed by atoms with Crippen molar-refractivity contribution in [1.82, 2.24) is 30.4 Å². The number of pyridine rings is 2. The summed E-state index contributed by atoms with van der Waals surface area (Å²) in [5, 5.41) is 7.78. The second-order valence-electron chi connectivity index (χ2n) is 13.5. The summed E-state index contributed by atoms with van der Waals surface area (Å²) in [4.78, 5) is 36.4. The van der Waals surface area contributed by atoms with Crippen molar-refractivity contribution in [1.29, 1.82) is 0 Å². The molecule has 6 rings (SSSR count). The summed E-state index contributed by atoms with van der Waals surface area (Å²) in [5.74, 6) is 0.632. The van der Waals surface area contributed by atoms with E-state index in [2.05, 4.69) is 15.6 Å². The Morgan fingerprint density at radius 1 is 0.811 bits per heavy atom. The van der Waals surface area contributed by atoms with Crippen LogP contribution < -0.4 is 20.1 Å².